The van der Waals surface area contributed by atoms with Crippen molar-refractivity contribution in [3.63, 3.8) is 0 Å². The average Bonchev–Trinajstić information content (AvgIpc) is 3.62. The molecule has 1 saturated carbocycles. The zero-order valence-corrected chi connectivity index (χ0v) is 22.0. The van der Waals surface area contributed by atoms with Crippen molar-refractivity contribution in [2.24, 2.45) is 0 Å². The van der Waals surface area contributed by atoms with E-state index in [0.717, 1.165) is 54.6 Å². The number of piperidine rings is 1. The van der Waals surface area contributed by atoms with Crippen molar-refractivity contribution in [2.45, 2.75) is 50.2 Å². The fourth-order valence-electron chi connectivity index (χ4n) is 6.43. The van der Waals surface area contributed by atoms with Gasteiger partial charge in [0, 0.05) is 49.1 Å². The largest absolute Gasteiger partial charge is 0.314 e. The van der Waals surface area contributed by atoms with Gasteiger partial charge in [-0.25, -0.2) is 0 Å². The minimum atomic E-state index is -0.662. The minimum Gasteiger partial charge on any atom is -0.314 e. The molecule has 2 saturated heterocycles. The number of hydrogen-bond donors (Lipinski definition) is 2. The predicted molar refractivity (Wildman–Crippen MR) is 149 cm³/mol. The van der Waals surface area contributed by atoms with Gasteiger partial charge in [0.1, 0.15) is 6.04 Å². The Morgan fingerprint density at radius 3 is 2.50 bits per heavy atom. The fourth-order valence-corrected chi connectivity index (χ4v) is 6.43. The Morgan fingerprint density at radius 1 is 0.947 bits per heavy atom. The van der Waals surface area contributed by atoms with Gasteiger partial charge in [-0.05, 0) is 59.9 Å². The minimum absolute atomic E-state index is 0. The molecule has 38 heavy (non-hydrogen) atoms. The molecule has 1 spiro atoms. The number of nitrogens with one attached hydrogen (secondary N) is 2. The topological polar surface area (TPSA) is 81.8 Å². The molecule has 3 aromatic carbocycles. The van der Waals surface area contributed by atoms with Gasteiger partial charge in [0.05, 0.1) is 5.69 Å². The van der Waals surface area contributed by atoms with Crippen molar-refractivity contribution in [2.75, 3.05) is 24.5 Å². The van der Waals surface area contributed by atoms with Gasteiger partial charge in [-0.3, -0.25) is 29.5 Å². The number of imide groups is 1. The Kier molecular flexibility index (Phi) is 6.25. The third-order valence-electron chi connectivity index (χ3n) is 8.64. The Bertz CT molecular complexity index is 1450. The van der Waals surface area contributed by atoms with Gasteiger partial charge in [0.15, 0.2) is 0 Å². The molecule has 0 radical (unpaired) electrons. The fraction of sp³-hybridized carbons (Fsp3) is 0.367. The number of hydrogen-bond acceptors (Lipinski definition) is 5. The summed E-state index contributed by atoms with van der Waals surface area (Å²) >= 11 is 0. The highest BCUT2D eigenvalue weighted by molar-refractivity contribution is 6.27. The van der Waals surface area contributed by atoms with Crippen molar-refractivity contribution in [1.29, 1.82) is 0 Å². The molecular formula is C30H31ClN4O3. The van der Waals surface area contributed by atoms with E-state index >= 15 is 0 Å². The van der Waals surface area contributed by atoms with E-state index < -0.39 is 11.9 Å². The summed E-state index contributed by atoms with van der Waals surface area (Å²) in [4.78, 5) is 41.8. The van der Waals surface area contributed by atoms with E-state index in [1.807, 2.05) is 18.2 Å². The Labute approximate surface area is 228 Å². The van der Waals surface area contributed by atoms with Crippen molar-refractivity contribution in [3.05, 3.63) is 76.9 Å². The van der Waals surface area contributed by atoms with Crippen LogP contribution in [0.25, 0.3) is 10.8 Å². The van der Waals surface area contributed by atoms with Crippen LogP contribution in [0.1, 0.15) is 52.7 Å². The van der Waals surface area contributed by atoms with Crippen LogP contribution in [0.15, 0.2) is 54.6 Å². The summed E-state index contributed by atoms with van der Waals surface area (Å²) in [5.41, 5.74) is 5.51. The molecule has 7 nitrogen and oxygen atoms in total. The SMILES string of the molecule is Cl.O=C1CCC(N2C(=O)c3cccc4c(Cc5ccc(CN6CCNCC67CC7)cc5)ccc2c34)C(=O)N1. The van der Waals surface area contributed by atoms with E-state index in [4.69, 9.17) is 0 Å². The average molecular weight is 531 g/mol. The van der Waals surface area contributed by atoms with E-state index in [1.54, 1.807) is 4.90 Å². The van der Waals surface area contributed by atoms with Crippen LogP contribution in [0.2, 0.25) is 0 Å². The first-order valence-corrected chi connectivity index (χ1v) is 13.3. The molecule has 0 aromatic heterocycles. The lowest BCUT2D eigenvalue weighted by atomic mass is 9.95. The number of halogens is 1. The van der Waals surface area contributed by atoms with Crippen LogP contribution in [0.3, 0.4) is 0 Å². The first kappa shape index (κ1) is 25.0. The number of carbonyl (C=O) groups is 3. The van der Waals surface area contributed by atoms with E-state index in [1.165, 1.54) is 24.0 Å². The maximum atomic E-state index is 13.4. The summed E-state index contributed by atoms with van der Waals surface area (Å²) in [6, 6.07) is 18.1. The summed E-state index contributed by atoms with van der Waals surface area (Å²) in [5, 5.41) is 7.88. The highest BCUT2D eigenvalue weighted by Gasteiger charge is 2.48. The molecule has 3 aliphatic heterocycles. The maximum Gasteiger partial charge on any atom is 0.259 e. The molecular weight excluding hydrogens is 500 g/mol. The number of piperazine rings is 1. The highest BCUT2D eigenvalue weighted by Crippen LogP contribution is 2.43. The van der Waals surface area contributed by atoms with Gasteiger partial charge in [0.25, 0.3) is 5.91 Å². The second-order valence-electron chi connectivity index (χ2n) is 10.9. The highest BCUT2D eigenvalue weighted by atomic mass is 35.5. The second kappa shape index (κ2) is 9.49. The molecule has 1 unspecified atom stereocenters. The number of amides is 3. The molecule has 3 fully saturated rings. The predicted octanol–water partition coefficient (Wildman–Crippen LogP) is 3.56. The van der Waals surface area contributed by atoms with Crippen LogP contribution in [-0.2, 0) is 22.6 Å². The molecule has 1 atom stereocenters. The van der Waals surface area contributed by atoms with Gasteiger partial charge < -0.3 is 5.32 Å². The summed E-state index contributed by atoms with van der Waals surface area (Å²) in [5.74, 6) is -0.849. The molecule has 7 rings (SSSR count). The van der Waals surface area contributed by atoms with Crippen molar-refractivity contribution in [1.82, 2.24) is 15.5 Å². The molecule has 3 aromatic rings. The molecule has 3 amide bonds. The quantitative estimate of drug-likeness (QED) is 0.493. The summed E-state index contributed by atoms with van der Waals surface area (Å²) in [7, 11) is 0. The number of anilines is 1. The number of carbonyl (C=O) groups excluding carboxylic acids is 3. The Hall–Kier alpha value is -3.26. The van der Waals surface area contributed by atoms with E-state index in [0.29, 0.717) is 17.5 Å². The van der Waals surface area contributed by atoms with Gasteiger partial charge >= 0.3 is 0 Å². The van der Waals surface area contributed by atoms with Gasteiger partial charge in [0.2, 0.25) is 11.8 Å². The summed E-state index contributed by atoms with van der Waals surface area (Å²) in [6.45, 7) is 4.28. The van der Waals surface area contributed by atoms with Crippen LogP contribution in [-0.4, -0.2) is 53.8 Å². The number of nitrogens with zero attached hydrogens (tertiary/aromatic N) is 2. The van der Waals surface area contributed by atoms with Crippen LogP contribution >= 0.6 is 12.4 Å². The van der Waals surface area contributed by atoms with E-state index in [2.05, 4.69) is 51.9 Å². The van der Waals surface area contributed by atoms with Gasteiger partial charge in [-0.2, -0.15) is 0 Å². The maximum absolute atomic E-state index is 13.4. The van der Waals surface area contributed by atoms with Crippen molar-refractivity contribution < 1.29 is 14.4 Å². The number of benzene rings is 3. The lowest BCUT2D eigenvalue weighted by Crippen LogP contribution is -2.53. The first-order chi connectivity index (χ1) is 18.0. The molecule has 1 aliphatic carbocycles. The molecule has 0 bridgehead atoms. The zero-order valence-electron chi connectivity index (χ0n) is 21.2. The lowest BCUT2D eigenvalue weighted by Gasteiger charge is -2.36. The van der Waals surface area contributed by atoms with Gasteiger partial charge in [-0.1, -0.05) is 42.5 Å². The van der Waals surface area contributed by atoms with Crippen LogP contribution in [0.5, 0.6) is 0 Å². The molecule has 4 aliphatic rings. The standard InChI is InChI=1S/C30H30N4O3.ClH/c35-26-11-10-25(28(36)32-26)34-24-9-8-21(22-2-1-3-23(27(22)24)29(34)37)16-19-4-6-20(7-5-19)17-33-15-14-31-18-30(33)12-13-30;/h1-9,25,31H,10-18H2,(H,32,35,36);1H. The Balaban J connectivity index is 0.00000264. The first-order valence-electron chi connectivity index (χ1n) is 13.3. The monoisotopic (exact) mass is 530 g/mol. The summed E-state index contributed by atoms with van der Waals surface area (Å²) in [6.07, 6.45) is 3.95. The smallest absolute Gasteiger partial charge is 0.259 e. The van der Waals surface area contributed by atoms with Crippen LogP contribution < -0.4 is 15.5 Å². The third-order valence-corrected chi connectivity index (χ3v) is 8.64. The Morgan fingerprint density at radius 2 is 1.74 bits per heavy atom. The molecule has 3 heterocycles. The third kappa shape index (κ3) is 4.10. The van der Waals surface area contributed by atoms with E-state index in [-0.39, 0.29) is 30.6 Å². The number of rotatable bonds is 5. The van der Waals surface area contributed by atoms with Crippen molar-refractivity contribution in [3.8, 4) is 0 Å². The molecule has 8 heteroatoms. The second-order valence-corrected chi connectivity index (χ2v) is 10.9. The molecule has 196 valence electrons. The molecule has 2 N–H and O–H groups in total. The lowest BCUT2D eigenvalue weighted by molar-refractivity contribution is -0.134. The summed E-state index contributed by atoms with van der Waals surface area (Å²) < 4.78 is 0. The van der Waals surface area contributed by atoms with Crippen molar-refractivity contribution >= 4 is 46.6 Å². The normalized spacial score (nSPS) is 22.1. The van der Waals surface area contributed by atoms with Crippen LogP contribution in [0.4, 0.5) is 5.69 Å². The van der Waals surface area contributed by atoms with E-state index in [9.17, 15) is 14.4 Å². The van der Waals surface area contributed by atoms with Gasteiger partial charge in [-0.15, -0.1) is 12.4 Å². The van der Waals surface area contributed by atoms with Crippen LogP contribution in [0, 0.1) is 0 Å². The zero-order chi connectivity index (χ0) is 25.1.